The summed E-state index contributed by atoms with van der Waals surface area (Å²) in [4.78, 5) is 75.7. The van der Waals surface area contributed by atoms with E-state index >= 15 is 0 Å². The average molecular weight is 542 g/mol. The molecule has 1 saturated heterocycles. The van der Waals surface area contributed by atoms with Crippen LogP contribution in [0.25, 0.3) is 0 Å². The van der Waals surface area contributed by atoms with Crippen molar-refractivity contribution in [2.24, 2.45) is 23.5 Å². The Morgan fingerprint density at radius 3 is 1.82 bits per heavy atom. The molecule has 5 atom stereocenters. The molecule has 1 aliphatic rings. The van der Waals surface area contributed by atoms with E-state index in [1.807, 2.05) is 0 Å². The molecule has 13 nitrogen and oxygen atoms in total. The van der Waals surface area contributed by atoms with Gasteiger partial charge in [0.1, 0.15) is 24.2 Å². The Morgan fingerprint density at radius 2 is 1.34 bits per heavy atom. The minimum absolute atomic E-state index is 0.0985. The van der Waals surface area contributed by atoms with Gasteiger partial charge in [-0.25, -0.2) is 4.79 Å². The molecule has 1 aliphatic heterocycles. The maximum absolute atomic E-state index is 13.5. The molecule has 216 valence electrons. The molecule has 1 rings (SSSR count). The number of aliphatic carboxylic acids is 2. The molecule has 0 unspecified atom stereocenters. The topological polar surface area (TPSA) is 208 Å². The number of likely N-dealkylation sites (tertiary alicyclic amines) is 1. The van der Waals surface area contributed by atoms with Crippen LogP contribution in [0.4, 0.5) is 0 Å². The van der Waals surface area contributed by atoms with Gasteiger partial charge in [-0.15, -0.1) is 0 Å². The fraction of sp³-hybridized carbons (Fsp3) is 0.760. The molecule has 0 aromatic heterocycles. The molecule has 13 heteroatoms. The van der Waals surface area contributed by atoms with Crippen molar-refractivity contribution in [3.8, 4) is 0 Å². The van der Waals surface area contributed by atoms with Gasteiger partial charge in [-0.2, -0.15) is 0 Å². The number of carbonyl (C=O) groups excluding carboxylic acids is 4. The molecular formula is C25H43N5O8. The van der Waals surface area contributed by atoms with Crippen LogP contribution in [0.3, 0.4) is 0 Å². The van der Waals surface area contributed by atoms with E-state index in [0.29, 0.717) is 12.8 Å². The molecule has 4 amide bonds. The minimum Gasteiger partial charge on any atom is -0.481 e. The molecule has 0 radical (unpaired) electrons. The number of nitrogens with two attached hydrogens (primary N) is 1. The minimum atomic E-state index is -1.17. The summed E-state index contributed by atoms with van der Waals surface area (Å²) in [5, 5.41) is 26.0. The Labute approximate surface area is 223 Å². The van der Waals surface area contributed by atoms with Gasteiger partial charge < -0.3 is 36.8 Å². The van der Waals surface area contributed by atoms with Gasteiger partial charge in [-0.05, 0) is 37.0 Å². The Hall–Kier alpha value is -3.22. The molecule has 0 aliphatic carbocycles. The molecule has 0 spiro atoms. The third-order valence-electron chi connectivity index (χ3n) is 6.55. The van der Waals surface area contributed by atoms with E-state index in [2.05, 4.69) is 16.0 Å². The zero-order chi connectivity index (χ0) is 29.3. The maximum Gasteiger partial charge on any atom is 0.326 e. The van der Waals surface area contributed by atoms with Gasteiger partial charge in [0.05, 0.1) is 6.04 Å². The van der Waals surface area contributed by atoms with Crippen LogP contribution >= 0.6 is 0 Å². The molecular weight excluding hydrogens is 498 g/mol. The van der Waals surface area contributed by atoms with E-state index in [-0.39, 0.29) is 37.1 Å². The fourth-order valence-corrected chi connectivity index (χ4v) is 4.21. The lowest BCUT2D eigenvalue weighted by atomic mass is 9.98. The van der Waals surface area contributed by atoms with E-state index in [0.717, 1.165) is 0 Å². The van der Waals surface area contributed by atoms with Gasteiger partial charge in [-0.1, -0.05) is 41.5 Å². The summed E-state index contributed by atoms with van der Waals surface area (Å²) in [5.74, 6) is -5.68. The maximum atomic E-state index is 13.5. The Bertz CT molecular complexity index is 891. The van der Waals surface area contributed by atoms with E-state index in [4.69, 9.17) is 10.8 Å². The van der Waals surface area contributed by atoms with Crippen molar-refractivity contribution in [3.05, 3.63) is 0 Å². The molecule has 1 fully saturated rings. The van der Waals surface area contributed by atoms with Crippen molar-refractivity contribution >= 4 is 35.6 Å². The third kappa shape index (κ3) is 9.26. The number of hydrogen-bond donors (Lipinski definition) is 6. The van der Waals surface area contributed by atoms with Crippen molar-refractivity contribution < 1.29 is 39.0 Å². The lowest BCUT2D eigenvalue weighted by Crippen LogP contribution is -2.60. The lowest BCUT2D eigenvalue weighted by Gasteiger charge is -2.32. The second-order valence-electron chi connectivity index (χ2n) is 10.8. The summed E-state index contributed by atoms with van der Waals surface area (Å²) >= 11 is 0. The first kappa shape index (κ1) is 32.8. The van der Waals surface area contributed by atoms with E-state index < -0.39 is 65.8 Å². The number of carbonyl (C=O) groups is 6. The van der Waals surface area contributed by atoms with Gasteiger partial charge in [0.25, 0.3) is 0 Å². The van der Waals surface area contributed by atoms with Crippen molar-refractivity contribution in [2.75, 3.05) is 6.54 Å². The van der Waals surface area contributed by atoms with Crippen LogP contribution in [0.1, 0.15) is 67.2 Å². The van der Waals surface area contributed by atoms with Gasteiger partial charge >= 0.3 is 11.9 Å². The van der Waals surface area contributed by atoms with Gasteiger partial charge in [0, 0.05) is 13.0 Å². The van der Waals surface area contributed by atoms with Crippen molar-refractivity contribution in [1.82, 2.24) is 20.9 Å². The summed E-state index contributed by atoms with van der Waals surface area (Å²) in [6.45, 7) is 10.5. The second-order valence-corrected chi connectivity index (χ2v) is 10.8. The highest BCUT2D eigenvalue weighted by atomic mass is 16.4. The first-order chi connectivity index (χ1) is 17.6. The normalized spacial score (nSPS) is 18.6. The Kier molecular flexibility index (Phi) is 12.6. The van der Waals surface area contributed by atoms with Gasteiger partial charge in [0.15, 0.2) is 0 Å². The molecule has 0 saturated carbocycles. The van der Waals surface area contributed by atoms with Crippen LogP contribution in [0, 0.1) is 17.8 Å². The highest BCUT2D eigenvalue weighted by Gasteiger charge is 2.41. The molecule has 0 aromatic carbocycles. The number of carboxylic acids is 2. The van der Waals surface area contributed by atoms with E-state index in [9.17, 15) is 33.9 Å². The predicted molar refractivity (Wildman–Crippen MR) is 138 cm³/mol. The van der Waals surface area contributed by atoms with Crippen molar-refractivity contribution in [3.63, 3.8) is 0 Å². The number of nitrogens with one attached hydrogen (secondary N) is 3. The van der Waals surface area contributed by atoms with E-state index in [1.165, 1.54) is 4.90 Å². The molecule has 0 bridgehead atoms. The predicted octanol–water partition coefficient (Wildman–Crippen LogP) is -0.323. The average Bonchev–Trinajstić information content (AvgIpc) is 3.31. The van der Waals surface area contributed by atoms with Gasteiger partial charge in [0.2, 0.25) is 23.6 Å². The van der Waals surface area contributed by atoms with Crippen LogP contribution in [-0.4, -0.2) is 87.4 Å². The number of rotatable bonds is 14. The fourth-order valence-electron chi connectivity index (χ4n) is 4.21. The Morgan fingerprint density at radius 1 is 0.816 bits per heavy atom. The van der Waals surface area contributed by atoms with Crippen molar-refractivity contribution in [1.29, 1.82) is 0 Å². The second kappa shape index (κ2) is 14.6. The highest BCUT2D eigenvalue weighted by Crippen LogP contribution is 2.21. The zero-order valence-corrected chi connectivity index (χ0v) is 23.0. The van der Waals surface area contributed by atoms with Crippen LogP contribution in [0.5, 0.6) is 0 Å². The SMILES string of the molecule is CC(C)[C@H](NC(=O)[C@@H]1CCCN1C(=O)[C@@H](NC(=O)[C@@H](NC(=O)[C@@H](N)CCC(=O)O)C(C)C)C(C)C)C(=O)O. The number of nitrogens with zero attached hydrogens (tertiary/aromatic N) is 1. The molecule has 1 heterocycles. The monoisotopic (exact) mass is 541 g/mol. The summed E-state index contributed by atoms with van der Waals surface area (Å²) in [5.41, 5.74) is 5.77. The zero-order valence-electron chi connectivity index (χ0n) is 23.0. The third-order valence-corrected chi connectivity index (χ3v) is 6.55. The van der Waals surface area contributed by atoms with Crippen LogP contribution in [0.2, 0.25) is 0 Å². The van der Waals surface area contributed by atoms with Crippen molar-refractivity contribution in [2.45, 2.75) is 97.4 Å². The highest BCUT2D eigenvalue weighted by molar-refractivity contribution is 5.96. The lowest BCUT2D eigenvalue weighted by molar-refractivity contribution is -0.146. The summed E-state index contributed by atoms with van der Waals surface area (Å²) < 4.78 is 0. The summed E-state index contributed by atoms with van der Waals surface area (Å²) in [7, 11) is 0. The number of carboxylic acid groups (broad SMARTS) is 2. The first-order valence-corrected chi connectivity index (χ1v) is 13.0. The van der Waals surface area contributed by atoms with Crippen LogP contribution in [0.15, 0.2) is 0 Å². The molecule has 7 N–H and O–H groups in total. The first-order valence-electron chi connectivity index (χ1n) is 13.0. The molecule has 0 aromatic rings. The number of amides is 4. The number of hydrogen-bond acceptors (Lipinski definition) is 7. The standard InChI is InChI=1S/C25H43N5O8/c1-12(2)18(27-21(33)15(26)9-10-17(31)32)23(35)28-19(13(3)4)24(36)30-11-7-8-16(30)22(34)29-20(14(5)6)25(37)38/h12-16,18-20H,7-11,26H2,1-6H3,(H,27,33)(H,28,35)(H,29,34)(H,31,32)(H,37,38)/t15-,16-,18-,19-,20-/m0/s1. The van der Waals surface area contributed by atoms with E-state index in [1.54, 1.807) is 41.5 Å². The van der Waals surface area contributed by atoms with Crippen LogP contribution < -0.4 is 21.7 Å². The Balaban J connectivity index is 3.00. The summed E-state index contributed by atoms with van der Waals surface area (Å²) in [6, 6.07) is -5.12. The summed E-state index contributed by atoms with van der Waals surface area (Å²) in [6.07, 6.45) is 0.505. The smallest absolute Gasteiger partial charge is 0.326 e. The van der Waals surface area contributed by atoms with Crippen LogP contribution in [-0.2, 0) is 28.8 Å². The molecule has 38 heavy (non-hydrogen) atoms. The van der Waals surface area contributed by atoms with Gasteiger partial charge in [-0.3, -0.25) is 24.0 Å². The quantitative estimate of drug-likeness (QED) is 0.170. The largest absolute Gasteiger partial charge is 0.481 e.